The van der Waals surface area contributed by atoms with Crippen molar-refractivity contribution in [3.05, 3.63) is 60.5 Å². The van der Waals surface area contributed by atoms with Crippen LogP contribution in [0.1, 0.15) is 90.9 Å². The van der Waals surface area contributed by atoms with Crippen LogP contribution in [0.15, 0.2) is 49.2 Å². The van der Waals surface area contributed by atoms with Crippen molar-refractivity contribution < 1.29 is 33.4 Å². The zero-order valence-corrected chi connectivity index (χ0v) is 30.2. The number of hydrazine groups is 1. The summed E-state index contributed by atoms with van der Waals surface area (Å²) in [6, 6.07) is 6.06. The molecule has 0 saturated carbocycles. The van der Waals surface area contributed by atoms with Crippen molar-refractivity contribution in [1.82, 2.24) is 26.1 Å². The number of aromatic nitrogens is 1. The number of hydrogen-bond acceptors (Lipinski definition) is 9. The molecule has 0 aliphatic carbocycles. The molecule has 5 atom stereocenters. The average molecular weight is 692 g/mol. The van der Waals surface area contributed by atoms with Gasteiger partial charge in [0.25, 0.3) is 11.8 Å². The number of esters is 1. The van der Waals surface area contributed by atoms with E-state index in [1.807, 2.05) is 57.2 Å². The first-order valence-corrected chi connectivity index (χ1v) is 17.6. The molecule has 0 unspecified atom stereocenters. The van der Waals surface area contributed by atoms with Crippen LogP contribution in [-0.2, 0) is 33.4 Å². The molecule has 272 valence electrons. The highest BCUT2D eigenvalue weighted by Crippen LogP contribution is 2.28. The van der Waals surface area contributed by atoms with Crippen molar-refractivity contribution in [2.45, 2.75) is 104 Å². The first-order chi connectivity index (χ1) is 23.8. The maximum atomic E-state index is 13.5. The second kappa shape index (κ2) is 17.7. The molecule has 4 rings (SSSR count). The maximum Gasteiger partial charge on any atom is 0.310 e. The van der Waals surface area contributed by atoms with E-state index in [0.29, 0.717) is 51.9 Å². The van der Waals surface area contributed by atoms with Gasteiger partial charge < -0.3 is 24.8 Å². The molecule has 1 aromatic heterocycles. The van der Waals surface area contributed by atoms with Crippen LogP contribution in [0.25, 0.3) is 16.8 Å². The first-order valence-electron chi connectivity index (χ1n) is 17.6. The number of nitrogens with zero attached hydrogens (tertiary/aromatic N) is 2. The molecule has 12 nitrogen and oxygen atoms in total. The summed E-state index contributed by atoms with van der Waals surface area (Å²) in [4.78, 5) is 57.9. The summed E-state index contributed by atoms with van der Waals surface area (Å²) in [5, 5.41) is 9.18. The topological polar surface area (TPSA) is 148 Å². The number of carbonyl (C=O) groups excluding carboxylic acids is 4. The lowest BCUT2D eigenvalue weighted by Gasteiger charge is -2.35. The van der Waals surface area contributed by atoms with Gasteiger partial charge in [-0.1, -0.05) is 44.7 Å². The minimum absolute atomic E-state index is 0.229. The Balaban J connectivity index is 1.32. The number of nitrogens with one attached hydrogen (secondary N) is 3. The van der Waals surface area contributed by atoms with Gasteiger partial charge in [0.05, 0.1) is 30.9 Å². The zero-order valence-electron chi connectivity index (χ0n) is 30.2. The molecule has 2 aliphatic rings. The lowest BCUT2D eigenvalue weighted by Crippen LogP contribution is -2.61. The van der Waals surface area contributed by atoms with Gasteiger partial charge >= 0.3 is 5.97 Å². The fourth-order valence-electron chi connectivity index (χ4n) is 6.16. The fraction of sp³-hybridized carbons (Fsp3) is 0.553. The Morgan fingerprint density at radius 1 is 1.12 bits per heavy atom. The van der Waals surface area contributed by atoms with Gasteiger partial charge in [0, 0.05) is 24.5 Å². The highest BCUT2D eigenvalue weighted by Gasteiger charge is 2.36. The van der Waals surface area contributed by atoms with Crippen molar-refractivity contribution in [1.29, 1.82) is 0 Å². The number of hydrogen-bond donors (Lipinski definition) is 3. The van der Waals surface area contributed by atoms with E-state index >= 15 is 0 Å². The molecule has 0 spiro atoms. The lowest BCUT2D eigenvalue weighted by atomic mass is 9.96. The molecule has 3 amide bonds. The van der Waals surface area contributed by atoms with Crippen LogP contribution in [-0.4, -0.2) is 77.4 Å². The van der Waals surface area contributed by atoms with E-state index in [2.05, 4.69) is 27.6 Å². The molecule has 12 heteroatoms. The summed E-state index contributed by atoms with van der Waals surface area (Å²) < 4.78 is 17.2. The van der Waals surface area contributed by atoms with Crippen LogP contribution in [0.4, 0.5) is 0 Å². The quantitative estimate of drug-likeness (QED) is 0.178. The number of amides is 3. The Bertz CT molecular complexity index is 1550. The van der Waals surface area contributed by atoms with E-state index in [-0.39, 0.29) is 17.9 Å². The number of ether oxygens (including phenoxy) is 3. The molecule has 0 bridgehead atoms. The molecule has 2 fully saturated rings. The van der Waals surface area contributed by atoms with Gasteiger partial charge in [-0.25, -0.2) is 5.43 Å². The van der Waals surface area contributed by atoms with Gasteiger partial charge in [-0.3, -0.25) is 29.2 Å². The number of benzene rings is 1. The van der Waals surface area contributed by atoms with E-state index in [4.69, 9.17) is 14.2 Å². The van der Waals surface area contributed by atoms with E-state index in [0.717, 1.165) is 22.0 Å². The molecule has 50 heavy (non-hydrogen) atoms. The number of allylic oxidation sites excluding steroid dienone is 2. The Morgan fingerprint density at radius 3 is 2.54 bits per heavy atom. The van der Waals surface area contributed by atoms with E-state index in [9.17, 15) is 19.2 Å². The molecule has 1 aromatic carbocycles. The van der Waals surface area contributed by atoms with Crippen LogP contribution in [0.2, 0.25) is 0 Å². The van der Waals surface area contributed by atoms with E-state index in [1.165, 1.54) is 5.01 Å². The molecule has 3 N–H and O–H groups in total. The van der Waals surface area contributed by atoms with E-state index < -0.39 is 47.7 Å². The summed E-state index contributed by atoms with van der Waals surface area (Å²) >= 11 is 0. The molecule has 3 heterocycles. The third-order valence-electron chi connectivity index (χ3n) is 9.27. The van der Waals surface area contributed by atoms with Gasteiger partial charge in [-0.05, 0) is 88.5 Å². The third kappa shape index (κ3) is 10.2. The smallest absolute Gasteiger partial charge is 0.310 e. The predicted molar refractivity (Wildman–Crippen MR) is 191 cm³/mol. The third-order valence-corrected chi connectivity index (χ3v) is 9.27. The minimum atomic E-state index is -1.09. The van der Waals surface area contributed by atoms with Crippen molar-refractivity contribution in [2.75, 3.05) is 19.8 Å². The molecule has 2 aliphatic heterocycles. The number of rotatable bonds is 15. The van der Waals surface area contributed by atoms with Crippen LogP contribution in [0.5, 0.6) is 0 Å². The van der Waals surface area contributed by atoms with Crippen molar-refractivity contribution in [3.63, 3.8) is 0 Å². The first kappa shape index (κ1) is 38.7. The highest BCUT2D eigenvalue weighted by atomic mass is 16.7. The molecule has 2 saturated heterocycles. The van der Waals surface area contributed by atoms with Crippen LogP contribution in [0.3, 0.4) is 0 Å². The molecule has 0 radical (unpaired) electrons. The minimum Gasteiger partial charge on any atom is -0.452 e. The largest absolute Gasteiger partial charge is 0.452 e. The number of carbonyl (C=O) groups is 4. The predicted octanol–water partition coefficient (Wildman–Crippen LogP) is 4.75. The maximum absolute atomic E-state index is 13.5. The van der Waals surface area contributed by atoms with Crippen LogP contribution in [0, 0.1) is 11.8 Å². The monoisotopic (exact) mass is 691 g/mol. The van der Waals surface area contributed by atoms with Crippen LogP contribution >= 0.6 is 0 Å². The van der Waals surface area contributed by atoms with Gasteiger partial charge in [0.15, 0.2) is 11.9 Å². The summed E-state index contributed by atoms with van der Waals surface area (Å²) in [5.41, 5.74) is 4.76. The van der Waals surface area contributed by atoms with Gasteiger partial charge in [0.2, 0.25) is 5.91 Å². The Hall–Kier alpha value is -4.13. The Labute approximate surface area is 295 Å². The van der Waals surface area contributed by atoms with Gasteiger partial charge in [0.1, 0.15) is 12.1 Å². The van der Waals surface area contributed by atoms with Crippen LogP contribution < -0.4 is 16.1 Å². The summed E-state index contributed by atoms with van der Waals surface area (Å²) in [6.07, 6.45) is 8.74. The zero-order chi connectivity index (χ0) is 36.4. The van der Waals surface area contributed by atoms with Crippen molar-refractivity contribution >= 4 is 40.5 Å². The molecule has 2 aromatic rings. The SMILES string of the molecule is C=Cc1cc2cc([C@@H](C)NC(=O)[C@@H]3CCCN(C(=O)[C@H](C)NC(=O)[C@@H](OC(=O)[C@@H](C/C=C/C)CCC4(C)OCCO4)C(C)C)N3)ccc2cn1. The average Bonchev–Trinajstić information content (AvgIpc) is 3.55. The summed E-state index contributed by atoms with van der Waals surface area (Å²) in [6.45, 7) is 16.0. The second-order valence-electron chi connectivity index (χ2n) is 13.7. The summed E-state index contributed by atoms with van der Waals surface area (Å²) in [5.74, 6) is -3.24. The van der Waals surface area contributed by atoms with E-state index in [1.54, 1.807) is 33.0 Å². The molecular weight excluding hydrogens is 638 g/mol. The standard InChI is InChI=1S/C38H53N5O7/c1-8-10-12-27(16-17-38(7)48-19-20-49-38)37(47)50-33(24(3)4)35(45)41-26(6)36(46)43-18-11-13-32(42-43)34(44)40-25(5)28-14-15-29-23-39-31(9-2)22-30(29)21-28/h8-10,14-15,21-27,32-33,42H,2,11-13,16-20H2,1,3-7H3,(H,40,44)(H,41,45)/b10-8+/t25-,26+,27+,32+,33+/m1/s1. The lowest BCUT2D eigenvalue weighted by molar-refractivity contribution is -0.167. The van der Waals surface area contributed by atoms with Gasteiger partial charge in [-0.2, -0.15) is 0 Å². The van der Waals surface area contributed by atoms with Crippen molar-refractivity contribution in [3.8, 4) is 0 Å². The number of fused-ring (bicyclic) bond motifs is 1. The molecular formula is C38H53N5O7. The Morgan fingerprint density at radius 2 is 1.86 bits per heavy atom. The number of pyridine rings is 1. The fourth-order valence-corrected chi connectivity index (χ4v) is 6.16. The van der Waals surface area contributed by atoms with Crippen molar-refractivity contribution in [2.24, 2.45) is 11.8 Å². The Kier molecular flexibility index (Phi) is 13.7. The summed E-state index contributed by atoms with van der Waals surface area (Å²) in [7, 11) is 0. The highest BCUT2D eigenvalue weighted by molar-refractivity contribution is 5.91. The normalized spacial score (nSPS) is 19.9. The second-order valence-corrected chi connectivity index (χ2v) is 13.7. The van der Waals surface area contributed by atoms with Gasteiger partial charge in [-0.15, -0.1) is 0 Å².